The minimum atomic E-state index is -0.294. The lowest BCUT2D eigenvalue weighted by molar-refractivity contribution is -0.121. The van der Waals surface area contributed by atoms with Gasteiger partial charge in [-0.15, -0.1) is 0 Å². The van der Waals surface area contributed by atoms with Crippen molar-refractivity contribution in [3.8, 4) is 11.5 Å². The van der Waals surface area contributed by atoms with Crippen LogP contribution in [0.15, 0.2) is 72.9 Å². The average molecular weight is 360 g/mol. The van der Waals surface area contributed by atoms with Gasteiger partial charge in [0.05, 0.1) is 18.2 Å². The number of hydrogen-bond donors (Lipinski definition) is 1. The van der Waals surface area contributed by atoms with Crippen LogP contribution in [0.1, 0.15) is 22.9 Å². The van der Waals surface area contributed by atoms with Gasteiger partial charge in [0, 0.05) is 6.20 Å². The Bertz CT molecular complexity index is 874. The van der Waals surface area contributed by atoms with Gasteiger partial charge < -0.3 is 14.8 Å². The molecule has 1 aromatic heterocycles. The molecule has 0 bridgehead atoms. The number of aromatic nitrogens is 1. The highest BCUT2D eigenvalue weighted by atomic mass is 16.6. The van der Waals surface area contributed by atoms with Crippen molar-refractivity contribution in [3.05, 3.63) is 89.7 Å². The molecule has 1 N–H and O–H groups in total. The highest BCUT2D eigenvalue weighted by Gasteiger charge is 2.19. The Labute approximate surface area is 158 Å². The molecule has 4 rings (SSSR count). The molecule has 0 saturated heterocycles. The molecule has 1 amide bonds. The van der Waals surface area contributed by atoms with Gasteiger partial charge in [-0.2, -0.15) is 0 Å². The highest BCUT2D eigenvalue weighted by Crippen LogP contribution is 2.31. The van der Waals surface area contributed by atoms with Gasteiger partial charge in [-0.1, -0.05) is 42.5 Å². The van der Waals surface area contributed by atoms with E-state index in [9.17, 15) is 4.79 Å². The van der Waals surface area contributed by atoms with Gasteiger partial charge in [-0.25, -0.2) is 0 Å². The normalized spacial score (nSPS) is 13.6. The Morgan fingerprint density at radius 2 is 1.74 bits per heavy atom. The Morgan fingerprint density at radius 3 is 2.52 bits per heavy atom. The van der Waals surface area contributed by atoms with Gasteiger partial charge in [0.2, 0.25) is 5.91 Å². The number of nitrogens with zero attached hydrogens (tertiary/aromatic N) is 1. The molecule has 27 heavy (non-hydrogen) atoms. The number of pyridine rings is 1. The van der Waals surface area contributed by atoms with Crippen LogP contribution in [0.5, 0.6) is 11.5 Å². The van der Waals surface area contributed by atoms with E-state index in [0.717, 1.165) is 22.6 Å². The summed E-state index contributed by atoms with van der Waals surface area (Å²) in [7, 11) is 0. The van der Waals surface area contributed by atoms with Crippen LogP contribution in [-0.4, -0.2) is 24.1 Å². The third-order valence-electron chi connectivity index (χ3n) is 4.39. The van der Waals surface area contributed by atoms with Crippen LogP contribution in [0.2, 0.25) is 0 Å². The summed E-state index contributed by atoms with van der Waals surface area (Å²) in [6.07, 6.45) is 1.99. The molecule has 2 aromatic carbocycles. The number of rotatable bonds is 5. The first-order valence-electron chi connectivity index (χ1n) is 8.93. The molecule has 0 saturated carbocycles. The number of fused-ring (bicyclic) bond motifs is 1. The van der Waals surface area contributed by atoms with Crippen LogP contribution in [0.25, 0.3) is 0 Å². The fourth-order valence-corrected chi connectivity index (χ4v) is 3.12. The molecular formula is C22H20N2O3. The van der Waals surface area contributed by atoms with Crippen molar-refractivity contribution in [3.63, 3.8) is 0 Å². The second-order valence-corrected chi connectivity index (χ2v) is 6.32. The maximum Gasteiger partial charge on any atom is 0.225 e. The summed E-state index contributed by atoms with van der Waals surface area (Å²) in [6.45, 7) is 1.08. The van der Waals surface area contributed by atoms with Gasteiger partial charge >= 0.3 is 0 Å². The zero-order valence-electron chi connectivity index (χ0n) is 14.8. The predicted molar refractivity (Wildman–Crippen MR) is 102 cm³/mol. The van der Waals surface area contributed by atoms with E-state index in [4.69, 9.17) is 9.47 Å². The third-order valence-corrected chi connectivity index (χ3v) is 4.39. The lowest BCUT2D eigenvalue weighted by Gasteiger charge is -2.20. The zero-order valence-corrected chi connectivity index (χ0v) is 14.8. The molecule has 136 valence electrons. The first-order valence-corrected chi connectivity index (χ1v) is 8.93. The lowest BCUT2D eigenvalue weighted by atomic mass is 10.0. The van der Waals surface area contributed by atoms with Gasteiger partial charge in [0.25, 0.3) is 0 Å². The predicted octanol–water partition coefficient (Wildman–Crippen LogP) is 3.30. The van der Waals surface area contributed by atoms with E-state index in [1.807, 2.05) is 66.7 Å². The van der Waals surface area contributed by atoms with E-state index in [-0.39, 0.29) is 18.4 Å². The van der Waals surface area contributed by atoms with Crippen LogP contribution in [0, 0.1) is 0 Å². The highest BCUT2D eigenvalue weighted by molar-refractivity contribution is 5.79. The lowest BCUT2D eigenvalue weighted by Crippen LogP contribution is -2.31. The largest absolute Gasteiger partial charge is 0.486 e. The van der Waals surface area contributed by atoms with Crippen molar-refractivity contribution in [1.82, 2.24) is 10.3 Å². The Kier molecular flexibility index (Phi) is 5.01. The van der Waals surface area contributed by atoms with E-state index in [2.05, 4.69) is 10.3 Å². The van der Waals surface area contributed by atoms with Crippen LogP contribution in [-0.2, 0) is 11.2 Å². The number of amides is 1. The van der Waals surface area contributed by atoms with Crippen LogP contribution >= 0.6 is 0 Å². The van der Waals surface area contributed by atoms with Gasteiger partial charge in [-0.05, 0) is 35.4 Å². The SMILES string of the molecule is O=C(Cc1ccc2c(c1)OCCO2)NC(c1ccccc1)c1ccccn1. The topological polar surface area (TPSA) is 60.5 Å². The number of carbonyl (C=O) groups is 1. The van der Waals surface area contributed by atoms with Crippen LogP contribution in [0.3, 0.4) is 0 Å². The summed E-state index contributed by atoms with van der Waals surface area (Å²) in [4.78, 5) is 17.1. The van der Waals surface area contributed by atoms with Crippen molar-refractivity contribution in [1.29, 1.82) is 0 Å². The van der Waals surface area contributed by atoms with E-state index >= 15 is 0 Å². The first-order chi connectivity index (χ1) is 13.3. The minimum absolute atomic E-state index is 0.0776. The fourth-order valence-electron chi connectivity index (χ4n) is 3.12. The Morgan fingerprint density at radius 1 is 0.963 bits per heavy atom. The van der Waals surface area contributed by atoms with Crippen molar-refractivity contribution in [2.45, 2.75) is 12.5 Å². The van der Waals surface area contributed by atoms with Crippen molar-refractivity contribution < 1.29 is 14.3 Å². The summed E-state index contributed by atoms with van der Waals surface area (Å²) in [5.74, 6) is 1.34. The summed E-state index contributed by atoms with van der Waals surface area (Å²) in [5, 5.41) is 3.10. The first kappa shape index (κ1) is 17.1. The average Bonchev–Trinajstić information content (AvgIpc) is 2.73. The molecular weight excluding hydrogens is 340 g/mol. The van der Waals surface area contributed by atoms with Crippen molar-refractivity contribution in [2.75, 3.05) is 13.2 Å². The van der Waals surface area contributed by atoms with Crippen molar-refractivity contribution in [2.24, 2.45) is 0 Å². The fraction of sp³-hybridized carbons (Fsp3) is 0.182. The van der Waals surface area contributed by atoms with E-state index < -0.39 is 0 Å². The maximum absolute atomic E-state index is 12.7. The Balaban J connectivity index is 1.52. The monoisotopic (exact) mass is 360 g/mol. The molecule has 5 nitrogen and oxygen atoms in total. The molecule has 0 radical (unpaired) electrons. The van der Waals surface area contributed by atoms with Crippen molar-refractivity contribution >= 4 is 5.91 Å². The Hall–Kier alpha value is -3.34. The quantitative estimate of drug-likeness (QED) is 0.758. The zero-order chi connectivity index (χ0) is 18.5. The number of nitrogens with one attached hydrogen (secondary N) is 1. The van der Waals surface area contributed by atoms with Gasteiger partial charge in [-0.3, -0.25) is 9.78 Å². The summed E-state index contributed by atoms with van der Waals surface area (Å²) in [5.41, 5.74) is 2.68. The van der Waals surface area contributed by atoms with Crippen LogP contribution < -0.4 is 14.8 Å². The van der Waals surface area contributed by atoms with E-state index in [1.165, 1.54) is 0 Å². The second-order valence-electron chi connectivity index (χ2n) is 6.32. The minimum Gasteiger partial charge on any atom is -0.486 e. The maximum atomic E-state index is 12.7. The third kappa shape index (κ3) is 4.08. The smallest absolute Gasteiger partial charge is 0.225 e. The molecule has 2 heterocycles. The molecule has 0 fully saturated rings. The molecule has 1 atom stereocenters. The van der Waals surface area contributed by atoms with Gasteiger partial charge in [0.1, 0.15) is 13.2 Å². The summed E-state index contributed by atoms with van der Waals surface area (Å²) in [6, 6.07) is 20.9. The molecule has 5 heteroatoms. The molecule has 0 aliphatic carbocycles. The number of hydrogen-bond acceptors (Lipinski definition) is 4. The molecule has 1 aliphatic heterocycles. The summed E-state index contributed by atoms with van der Waals surface area (Å²) < 4.78 is 11.1. The number of benzene rings is 2. The number of ether oxygens (including phenoxy) is 2. The molecule has 3 aromatic rings. The van der Waals surface area contributed by atoms with E-state index in [1.54, 1.807) is 6.20 Å². The number of carbonyl (C=O) groups excluding carboxylic acids is 1. The standard InChI is InChI=1S/C22H20N2O3/c25-21(15-16-9-10-19-20(14-16)27-13-12-26-19)24-22(17-6-2-1-3-7-17)18-8-4-5-11-23-18/h1-11,14,22H,12-13,15H2,(H,24,25). The van der Waals surface area contributed by atoms with Gasteiger partial charge in [0.15, 0.2) is 11.5 Å². The van der Waals surface area contributed by atoms with Crippen LogP contribution in [0.4, 0.5) is 0 Å². The molecule has 1 aliphatic rings. The second kappa shape index (κ2) is 7.91. The molecule has 1 unspecified atom stereocenters. The van der Waals surface area contributed by atoms with E-state index in [0.29, 0.717) is 19.0 Å². The summed E-state index contributed by atoms with van der Waals surface area (Å²) >= 11 is 0. The molecule has 0 spiro atoms.